The Labute approximate surface area is 167 Å². The second-order valence-corrected chi connectivity index (χ2v) is 8.35. The Kier molecular flexibility index (Phi) is 6.22. The van der Waals surface area contributed by atoms with Crippen LogP contribution >= 0.6 is 0 Å². The highest BCUT2D eigenvalue weighted by atomic mass is 19.1. The Morgan fingerprint density at radius 1 is 0.964 bits per heavy atom. The zero-order valence-corrected chi connectivity index (χ0v) is 17.0. The van der Waals surface area contributed by atoms with Crippen LogP contribution in [0.4, 0.5) is 15.8 Å². The van der Waals surface area contributed by atoms with Crippen LogP contribution in [0.1, 0.15) is 32.8 Å². The summed E-state index contributed by atoms with van der Waals surface area (Å²) < 4.78 is 13.1. The Hall–Kier alpha value is -2.56. The summed E-state index contributed by atoms with van der Waals surface area (Å²) in [7, 11) is 0. The summed E-state index contributed by atoms with van der Waals surface area (Å²) in [4.78, 5) is 16.6. The monoisotopic (exact) mass is 383 g/mol. The van der Waals surface area contributed by atoms with Gasteiger partial charge in [-0.15, -0.1) is 0 Å². The molecule has 4 nitrogen and oxygen atoms in total. The van der Waals surface area contributed by atoms with Crippen molar-refractivity contribution in [3.63, 3.8) is 0 Å². The van der Waals surface area contributed by atoms with Crippen LogP contribution in [-0.2, 0) is 10.2 Å². The highest BCUT2D eigenvalue weighted by Crippen LogP contribution is 2.23. The van der Waals surface area contributed by atoms with Gasteiger partial charge in [0.2, 0.25) is 5.91 Å². The average Bonchev–Trinajstić information content (AvgIpc) is 2.68. The molecule has 5 heteroatoms. The average molecular weight is 384 g/mol. The van der Waals surface area contributed by atoms with Gasteiger partial charge in [-0.2, -0.15) is 0 Å². The van der Waals surface area contributed by atoms with Gasteiger partial charge in [0.15, 0.2) is 0 Å². The number of piperazine rings is 1. The second kappa shape index (κ2) is 8.63. The topological polar surface area (TPSA) is 35.6 Å². The maximum absolute atomic E-state index is 13.1. The lowest BCUT2D eigenvalue weighted by atomic mass is 9.87. The van der Waals surface area contributed by atoms with Gasteiger partial charge in [0.25, 0.3) is 0 Å². The van der Waals surface area contributed by atoms with Crippen LogP contribution < -0.4 is 10.2 Å². The molecule has 0 aliphatic carbocycles. The van der Waals surface area contributed by atoms with E-state index in [4.69, 9.17) is 0 Å². The van der Waals surface area contributed by atoms with Gasteiger partial charge in [-0.25, -0.2) is 4.39 Å². The molecule has 0 radical (unpaired) electrons. The summed E-state index contributed by atoms with van der Waals surface area (Å²) in [5, 5.41) is 3.34. The molecule has 0 saturated carbocycles. The number of hydrogen-bond donors (Lipinski definition) is 1. The van der Waals surface area contributed by atoms with E-state index in [2.05, 4.69) is 55.3 Å². The fourth-order valence-electron chi connectivity index (χ4n) is 3.43. The second-order valence-electron chi connectivity index (χ2n) is 8.35. The van der Waals surface area contributed by atoms with Crippen molar-refractivity contribution in [3.05, 3.63) is 59.9 Å². The van der Waals surface area contributed by atoms with Crippen LogP contribution in [0, 0.1) is 5.82 Å². The van der Waals surface area contributed by atoms with Crippen molar-refractivity contribution >= 4 is 17.3 Å². The molecule has 150 valence electrons. The van der Waals surface area contributed by atoms with Crippen molar-refractivity contribution in [1.82, 2.24) is 4.90 Å². The number of nitrogens with zero attached hydrogens (tertiary/aromatic N) is 2. The molecule has 0 unspecified atom stereocenters. The summed E-state index contributed by atoms with van der Waals surface area (Å²) in [6.07, 6.45) is 0.484. The number of anilines is 2. The third-order valence-electron chi connectivity index (χ3n) is 5.24. The Bertz CT molecular complexity index is 773. The number of benzene rings is 2. The lowest BCUT2D eigenvalue weighted by Crippen LogP contribution is -2.49. The minimum Gasteiger partial charge on any atom is -0.385 e. The van der Waals surface area contributed by atoms with Crippen molar-refractivity contribution in [2.45, 2.75) is 32.6 Å². The van der Waals surface area contributed by atoms with E-state index in [1.165, 1.54) is 17.7 Å². The molecule has 1 saturated heterocycles. The van der Waals surface area contributed by atoms with Crippen LogP contribution in [-0.4, -0.2) is 43.5 Å². The number of hydrogen-bond acceptors (Lipinski definition) is 3. The van der Waals surface area contributed by atoms with E-state index in [9.17, 15) is 9.18 Å². The third-order valence-corrected chi connectivity index (χ3v) is 5.24. The van der Waals surface area contributed by atoms with Crippen molar-refractivity contribution in [3.8, 4) is 0 Å². The quantitative estimate of drug-likeness (QED) is 0.837. The molecular formula is C23H30FN3O. The maximum Gasteiger partial charge on any atom is 0.224 e. The van der Waals surface area contributed by atoms with E-state index >= 15 is 0 Å². The molecule has 1 aliphatic rings. The molecule has 0 bridgehead atoms. The highest BCUT2D eigenvalue weighted by Gasteiger charge is 2.21. The summed E-state index contributed by atoms with van der Waals surface area (Å²) in [6.45, 7) is 10.2. The summed E-state index contributed by atoms with van der Waals surface area (Å²) in [6, 6.07) is 15.0. The van der Waals surface area contributed by atoms with Gasteiger partial charge in [0.1, 0.15) is 5.82 Å². The Morgan fingerprint density at radius 2 is 1.57 bits per heavy atom. The van der Waals surface area contributed by atoms with E-state index < -0.39 is 0 Å². The summed E-state index contributed by atoms with van der Waals surface area (Å²) in [5.41, 5.74) is 3.49. The first-order valence-electron chi connectivity index (χ1n) is 9.96. The molecular weight excluding hydrogens is 353 g/mol. The van der Waals surface area contributed by atoms with Crippen LogP contribution in [0.3, 0.4) is 0 Å². The van der Waals surface area contributed by atoms with E-state index in [0.717, 1.165) is 24.5 Å². The van der Waals surface area contributed by atoms with Crippen LogP contribution in [0.5, 0.6) is 0 Å². The zero-order valence-electron chi connectivity index (χ0n) is 17.0. The number of carbonyl (C=O) groups excluding carboxylic acids is 1. The maximum atomic E-state index is 13.1. The summed E-state index contributed by atoms with van der Waals surface area (Å²) in [5.74, 6) is -0.0457. The van der Waals surface area contributed by atoms with Crippen molar-refractivity contribution < 1.29 is 9.18 Å². The van der Waals surface area contributed by atoms with Crippen molar-refractivity contribution in [1.29, 1.82) is 0 Å². The molecule has 1 fully saturated rings. The smallest absolute Gasteiger partial charge is 0.224 e. The van der Waals surface area contributed by atoms with Gasteiger partial charge in [0, 0.05) is 50.5 Å². The molecule has 2 aromatic carbocycles. The number of halogens is 1. The van der Waals surface area contributed by atoms with Gasteiger partial charge < -0.3 is 15.1 Å². The molecule has 28 heavy (non-hydrogen) atoms. The lowest BCUT2D eigenvalue weighted by molar-refractivity contribution is -0.131. The summed E-state index contributed by atoms with van der Waals surface area (Å²) >= 11 is 0. The first-order valence-corrected chi connectivity index (χ1v) is 9.96. The predicted octanol–water partition coefficient (Wildman–Crippen LogP) is 4.27. The van der Waals surface area contributed by atoms with Crippen LogP contribution in [0.2, 0.25) is 0 Å². The Morgan fingerprint density at radius 3 is 2.14 bits per heavy atom. The van der Waals surface area contributed by atoms with Crippen molar-refractivity contribution in [2.75, 3.05) is 42.9 Å². The molecule has 0 atom stereocenters. The molecule has 0 spiro atoms. The molecule has 3 rings (SSSR count). The first-order chi connectivity index (χ1) is 13.3. The molecule has 2 aromatic rings. The SMILES string of the molecule is CC(C)(C)c1ccc(NCCC(=O)N2CCN(c3ccc(F)cc3)CC2)cc1. The first kappa shape index (κ1) is 20.2. The number of rotatable bonds is 5. The normalized spacial score (nSPS) is 14.9. The molecule has 1 N–H and O–H groups in total. The molecule has 1 aliphatic heterocycles. The largest absolute Gasteiger partial charge is 0.385 e. The van der Waals surface area contributed by atoms with Crippen LogP contribution in [0.25, 0.3) is 0 Å². The minimum atomic E-state index is -0.224. The molecule has 0 aromatic heterocycles. The van der Waals surface area contributed by atoms with Crippen molar-refractivity contribution in [2.24, 2.45) is 0 Å². The zero-order chi connectivity index (χ0) is 20.1. The van der Waals surface area contributed by atoms with E-state index in [1.807, 2.05) is 4.90 Å². The van der Waals surface area contributed by atoms with Gasteiger partial charge in [-0.3, -0.25) is 4.79 Å². The van der Waals surface area contributed by atoms with E-state index in [0.29, 0.717) is 26.1 Å². The van der Waals surface area contributed by atoms with Gasteiger partial charge in [-0.1, -0.05) is 32.9 Å². The van der Waals surface area contributed by atoms with Gasteiger partial charge in [0.05, 0.1) is 0 Å². The third kappa shape index (κ3) is 5.24. The van der Waals surface area contributed by atoms with Crippen LogP contribution in [0.15, 0.2) is 48.5 Å². The minimum absolute atomic E-state index is 0.143. The number of carbonyl (C=O) groups is 1. The standard InChI is InChI=1S/C23H30FN3O/c1-23(2,3)18-4-8-20(9-5-18)25-13-12-22(28)27-16-14-26(15-17-27)21-10-6-19(24)7-11-21/h4-11,25H,12-17H2,1-3H3. The van der Waals surface area contributed by atoms with E-state index in [1.54, 1.807) is 12.1 Å². The van der Waals surface area contributed by atoms with Gasteiger partial charge in [-0.05, 0) is 47.4 Å². The molecule has 1 heterocycles. The number of nitrogens with one attached hydrogen (secondary N) is 1. The van der Waals surface area contributed by atoms with E-state index in [-0.39, 0.29) is 17.1 Å². The fraction of sp³-hybridized carbons (Fsp3) is 0.435. The Balaban J connectivity index is 1.41. The fourth-order valence-corrected chi connectivity index (χ4v) is 3.43. The predicted molar refractivity (Wildman–Crippen MR) is 113 cm³/mol. The highest BCUT2D eigenvalue weighted by molar-refractivity contribution is 5.77. The molecule has 1 amide bonds. The number of amides is 1. The lowest BCUT2D eigenvalue weighted by Gasteiger charge is -2.36. The van der Waals surface area contributed by atoms with Gasteiger partial charge >= 0.3 is 0 Å².